The summed E-state index contributed by atoms with van der Waals surface area (Å²) >= 11 is 37.3. The molecule has 1 N–H and O–H groups in total. The second-order valence-electron chi connectivity index (χ2n) is 24.6. The zero-order valence-corrected chi connectivity index (χ0v) is 95.1. The van der Waals surface area contributed by atoms with Crippen molar-refractivity contribution in [2.75, 3.05) is 20.0 Å². The minimum absolute atomic E-state index is 0.0541. The van der Waals surface area contributed by atoms with Crippen molar-refractivity contribution >= 4 is 312 Å². The van der Waals surface area contributed by atoms with Crippen LogP contribution in [0.1, 0.15) is 124 Å². The number of benzene rings is 8. The molecule has 24 heteroatoms. The number of rotatable bonds is 15. The van der Waals surface area contributed by atoms with Crippen molar-refractivity contribution in [3.05, 3.63) is 232 Å². The zero-order valence-electron chi connectivity index (χ0n) is 53.4. The van der Waals surface area contributed by atoms with Gasteiger partial charge in [-0.15, -0.1) is 0 Å². The zero-order chi connectivity index (χ0) is 68.0. The number of anilines is 9. The van der Waals surface area contributed by atoms with E-state index in [1.165, 1.54) is 136 Å². The first-order valence-corrected chi connectivity index (χ1v) is 144. The Labute approximate surface area is 701 Å². The van der Waals surface area contributed by atoms with Gasteiger partial charge in [0.05, 0.1) is 11.1 Å². The van der Waals surface area contributed by atoms with Crippen LogP contribution in [-0.2, 0) is 10.8 Å². The summed E-state index contributed by atoms with van der Waals surface area (Å²) in [6, 6.07) is 66.2. The maximum absolute atomic E-state index is 6.38. The molecule has 0 spiro atoms. The van der Waals surface area contributed by atoms with Gasteiger partial charge in [-0.2, -0.15) is 0 Å². The van der Waals surface area contributed by atoms with Crippen LogP contribution >= 0.6 is 261 Å². The first-order valence-electron chi connectivity index (χ1n) is 30.1. The third-order valence-corrected chi connectivity index (χ3v) is 1260. The van der Waals surface area contributed by atoms with Gasteiger partial charge in [0.2, 0.25) is 0 Å². The van der Waals surface area contributed by atoms with E-state index in [1.54, 1.807) is 0 Å². The fourth-order valence-corrected chi connectivity index (χ4v) is 2740. The molecule has 4 atom stereocenters. The third-order valence-electron chi connectivity index (χ3n) is 18.5. The predicted octanol–water partition coefficient (Wildman–Crippen LogP) is 33.2. The molecule has 0 radical (unpaired) electrons. The van der Waals surface area contributed by atoms with E-state index < -0.39 is 7.89 Å². The molecule has 12 rings (SSSR count). The van der Waals surface area contributed by atoms with Gasteiger partial charge in [0.1, 0.15) is 0 Å². The average molecular weight is 3420 g/mol. The summed E-state index contributed by atoms with van der Waals surface area (Å²) in [5, 5.41) is 4.18. The van der Waals surface area contributed by atoms with Crippen LogP contribution in [0.4, 0.5) is 51.2 Å². The number of fused-ring (bicyclic) bond motifs is 6. The van der Waals surface area contributed by atoms with E-state index in [2.05, 4.69) is 451 Å². The Morgan fingerprint density at radius 3 is 1.17 bits per heavy atom. The van der Waals surface area contributed by atoms with Crippen molar-refractivity contribution in [1.29, 1.82) is 0 Å². The number of hydrogen-bond donors (Lipinski definition) is 1. The predicted molar refractivity (Wildman–Crippen MR) is 575 cm³/mol. The first kappa shape index (κ1) is 85.1. The van der Waals surface area contributed by atoms with Crippen molar-refractivity contribution in [3.63, 3.8) is 0 Å². The van der Waals surface area contributed by atoms with E-state index in [0.29, 0.717) is 13.3 Å². The van der Waals surface area contributed by atoms with Crippen LogP contribution in [0, 0.1) is 41.5 Å². The number of halogens is 20. The standard InChI is InChI=1S/C35H38N2.C21H24ClN.C14H15N.I19/c1-25-12-16-28(17-13-25)36(29-18-14-26(2)15-19-29)30-22-27(3)23-31(24-30)37-33-11-7-6-10-32(33)34(4)20-8-9-21-35(34,37)5;1-15-12-16(22)14-17(13-15)23-19-9-5-4-8-18(19)20(2)10-6-7-11-21(20,23)3;1-11-3-7-13(8-4-11)15-14-9-5-12(2)6-10-14;1-11-13(4)15(6)17(8)19(10)18(9)16(7)14(5)12(2)3/h6-7,10-19,22-24H,8-9,20-21H2,1-5H3;4-5,8-9,12-14H,6-7,10-11H2,1-3H3;3-10,15H,1-2H3;/q;;;-1. The fourth-order valence-electron chi connectivity index (χ4n) is 13.5. The van der Waals surface area contributed by atoms with Gasteiger partial charge in [-0.1, -0.05) is 158 Å². The Kier molecular flexibility index (Phi) is 35.6. The van der Waals surface area contributed by atoms with E-state index in [0.717, 1.165) is 16.4 Å². The van der Waals surface area contributed by atoms with Crippen molar-refractivity contribution < 1.29 is 13.3 Å². The van der Waals surface area contributed by atoms with Gasteiger partial charge in [0, 0.05) is 67.0 Å². The maximum atomic E-state index is 6.38. The summed E-state index contributed by atoms with van der Waals surface area (Å²) in [6.45, 7) is 22.8. The van der Waals surface area contributed by atoms with Crippen LogP contribution in [0.5, 0.6) is 0 Å². The molecule has 4 aliphatic rings. The van der Waals surface area contributed by atoms with Gasteiger partial charge in [-0.3, -0.25) is 0 Å². The molecule has 8 aromatic carbocycles. The van der Waals surface area contributed by atoms with Crippen LogP contribution in [0.25, 0.3) is 0 Å². The summed E-state index contributed by atoms with van der Waals surface area (Å²) in [5.74, 6) is 0. The third kappa shape index (κ3) is 20.6. The van der Waals surface area contributed by atoms with Crippen molar-refractivity contribution in [3.8, 4) is 0 Å². The molecular formula is C70H77ClI19N4-. The van der Waals surface area contributed by atoms with Gasteiger partial charge in [-0.25, -0.2) is 0 Å². The normalized spacial score (nSPS) is 21.2. The van der Waals surface area contributed by atoms with Crippen molar-refractivity contribution in [1.82, 2.24) is 0 Å². The SMILES string of the molecule is Cc1cc(Cl)cc(N2c3ccccc3C3(C)CCCCC23C)c1.Cc1ccc(N(c2ccc(C)cc2)c2cc(C)cc(N3c4ccccc4C4(C)CCCCC34C)c2)cc1.Cc1ccc(Nc2ccc(C)cc2)cc1.I[I-]I(I)I(I)I(I)I(I)I(I)I(I)I(I)I(I)I. The molecule has 2 fully saturated rings. The number of nitrogens with one attached hydrogen (secondary N) is 1. The molecule has 2 heterocycles. The summed E-state index contributed by atoms with van der Waals surface area (Å²) in [7, 11) is -2.98. The number of hydrogen-bond acceptors (Lipinski definition) is 4. The van der Waals surface area contributed by atoms with Crippen LogP contribution in [-0.4, -0.2) is 11.1 Å². The molecule has 2 saturated carbocycles. The molecule has 94 heavy (non-hydrogen) atoms. The van der Waals surface area contributed by atoms with E-state index >= 15 is 0 Å². The molecule has 0 bridgehead atoms. The molecule has 8 aromatic rings. The van der Waals surface area contributed by atoms with Gasteiger partial charge in [0.25, 0.3) is 0 Å². The van der Waals surface area contributed by atoms with Crippen LogP contribution in [0.15, 0.2) is 182 Å². The number of nitrogens with zero attached hydrogens (tertiary/aromatic N) is 3. The number of aryl methyl sites for hydroxylation is 6. The molecule has 2 aliphatic carbocycles. The van der Waals surface area contributed by atoms with Crippen molar-refractivity contribution in [2.24, 2.45) is 0 Å². The van der Waals surface area contributed by atoms with E-state index in [4.69, 9.17) is 11.6 Å². The topological polar surface area (TPSA) is 21.8 Å². The summed E-state index contributed by atoms with van der Waals surface area (Å²) in [6.07, 6.45) is 10.2. The molecule has 4 unspecified atom stereocenters. The van der Waals surface area contributed by atoms with E-state index in [1.807, 2.05) is 6.07 Å². The molecule has 518 valence electrons. The van der Waals surface area contributed by atoms with E-state index in [9.17, 15) is 0 Å². The molecule has 2 aliphatic heterocycles. The first-order chi connectivity index (χ1) is 44.6. The summed E-state index contributed by atoms with van der Waals surface area (Å²) < 4.78 is 0. The Bertz CT molecular complexity index is 3710. The molecule has 0 saturated heterocycles. The van der Waals surface area contributed by atoms with Crippen LogP contribution in [0.3, 0.4) is 0 Å². The second-order valence-corrected chi connectivity index (χ2v) is 431. The Morgan fingerprint density at radius 2 is 0.766 bits per heavy atom. The van der Waals surface area contributed by atoms with Gasteiger partial charge in [0.15, 0.2) is 0 Å². The van der Waals surface area contributed by atoms with Crippen molar-refractivity contribution in [2.45, 2.75) is 143 Å². The second kappa shape index (κ2) is 39.3. The molecule has 0 amide bonds. The Balaban J connectivity index is 0.000000158. The van der Waals surface area contributed by atoms with Crippen LogP contribution < -0.4 is 33.3 Å². The Hall–Kier alpha value is 7.12. The Morgan fingerprint density at radius 1 is 0.404 bits per heavy atom. The van der Waals surface area contributed by atoms with E-state index in [-0.39, 0.29) is 77.2 Å². The van der Waals surface area contributed by atoms with Gasteiger partial charge >= 0.3 is 263 Å². The fraction of sp³-hybridized carbons (Fsp3) is 0.314. The van der Waals surface area contributed by atoms with Gasteiger partial charge in [-0.05, 0) is 200 Å². The van der Waals surface area contributed by atoms with Gasteiger partial charge < -0.3 is 20.0 Å². The monoisotopic (exact) mass is 3420 g/mol. The molecule has 0 aromatic heterocycles. The average Bonchev–Trinajstić information content (AvgIpc) is 1.54. The number of para-hydroxylation sites is 2. The van der Waals surface area contributed by atoms with Crippen LogP contribution in [0.2, 0.25) is 5.02 Å². The molecular weight excluding hydrogens is 3340 g/mol. The molecule has 4 nitrogen and oxygen atoms in total. The quantitative estimate of drug-likeness (QED) is 0.103. The summed E-state index contributed by atoms with van der Waals surface area (Å²) in [4.78, 5) is 7.65. The summed E-state index contributed by atoms with van der Waals surface area (Å²) in [5.41, 5.74) is 22.2. The minimum atomic E-state index is -0.428.